The number of carbonyl (C=O) groups is 2. The second kappa shape index (κ2) is 6.64. The summed E-state index contributed by atoms with van der Waals surface area (Å²) in [5, 5.41) is 0. The number of carbonyl (C=O) groups excluding carboxylic acids is 2. The van der Waals surface area contributed by atoms with Crippen molar-refractivity contribution in [3.63, 3.8) is 0 Å². The van der Waals surface area contributed by atoms with Gasteiger partial charge >= 0.3 is 12.1 Å². The van der Waals surface area contributed by atoms with E-state index in [1.165, 1.54) is 10.6 Å². The van der Waals surface area contributed by atoms with E-state index in [2.05, 4.69) is 4.98 Å². The van der Waals surface area contributed by atoms with Crippen LogP contribution in [0.4, 0.5) is 4.79 Å². The Morgan fingerprint density at radius 1 is 1.30 bits per heavy atom. The van der Waals surface area contributed by atoms with Crippen LogP contribution in [0, 0.1) is 0 Å². The molecule has 122 valence electrons. The highest BCUT2D eigenvalue weighted by molar-refractivity contribution is 5.95. The van der Waals surface area contributed by atoms with Crippen molar-refractivity contribution in [2.45, 2.75) is 33.3 Å². The maximum Gasteiger partial charge on any atom is 0.419 e. The van der Waals surface area contributed by atoms with Crippen molar-refractivity contribution in [2.75, 3.05) is 6.61 Å². The zero-order chi connectivity index (χ0) is 17.0. The van der Waals surface area contributed by atoms with E-state index in [-0.39, 0.29) is 0 Å². The number of hydrogen-bond acceptors (Lipinski definition) is 5. The van der Waals surface area contributed by atoms with E-state index in [1.54, 1.807) is 58.3 Å². The molecule has 0 aromatic carbocycles. The van der Waals surface area contributed by atoms with Gasteiger partial charge in [0.25, 0.3) is 0 Å². The molecule has 2 aromatic heterocycles. The minimum absolute atomic E-state index is 0.309. The molecule has 0 fully saturated rings. The Balaban J connectivity index is 2.41. The smallest absolute Gasteiger partial charge is 0.419 e. The van der Waals surface area contributed by atoms with Gasteiger partial charge < -0.3 is 9.47 Å². The molecule has 6 nitrogen and oxygen atoms in total. The number of hydrogen-bond donors (Lipinski definition) is 0. The predicted octanol–water partition coefficient (Wildman–Crippen LogP) is 3.40. The average Bonchev–Trinajstić information content (AvgIpc) is 2.88. The summed E-state index contributed by atoms with van der Waals surface area (Å²) >= 11 is 0. The summed E-state index contributed by atoms with van der Waals surface area (Å²) in [5.41, 5.74) is 1.31. The van der Waals surface area contributed by atoms with Gasteiger partial charge in [0.1, 0.15) is 5.60 Å². The Bertz CT molecular complexity index is 754. The molecule has 0 aliphatic rings. The van der Waals surface area contributed by atoms with E-state index in [0.29, 0.717) is 23.2 Å². The van der Waals surface area contributed by atoms with Gasteiger partial charge in [-0.15, -0.1) is 0 Å². The maximum absolute atomic E-state index is 12.3. The molecule has 0 unspecified atom stereocenters. The van der Waals surface area contributed by atoms with Crippen molar-refractivity contribution < 1.29 is 19.1 Å². The van der Waals surface area contributed by atoms with Gasteiger partial charge in [0.15, 0.2) is 0 Å². The van der Waals surface area contributed by atoms with E-state index in [1.807, 2.05) is 0 Å². The fourth-order valence-electron chi connectivity index (χ4n) is 2.04. The number of aromatic nitrogens is 2. The molecule has 2 heterocycles. The normalized spacial score (nSPS) is 11.8. The second-order valence-electron chi connectivity index (χ2n) is 5.89. The molecule has 2 rings (SSSR count). The number of rotatable bonds is 3. The molecule has 0 bridgehead atoms. The highest BCUT2D eigenvalue weighted by atomic mass is 16.6. The molecule has 6 heteroatoms. The standard InChI is InChI=1S/C17H20N2O4/c1-5-22-14(20)7-6-12-8-10-18-13-9-11-19(15(12)13)16(21)23-17(2,3)4/h6-11H,5H2,1-4H3/b7-6+. The summed E-state index contributed by atoms with van der Waals surface area (Å²) in [6, 6.07) is 3.44. The van der Waals surface area contributed by atoms with Gasteiger partial charge in [-0.05, 0) is 45.9 Å². The number of fused-ring (bicyclic) bond motifs is 1. The van der Waals surface area contributed by atoms with Gasteiger partial charge in [-0.2, -0.15) is 0 Å². The number of nitrogens with zero attached hydrogens (tertiary/aromatic N) is 2. The molecule has 0 aliphatic heterocycles. The lowest BCUT2D eigenvalue weighted by atomic mass is 10.2. The third-order valence-corrected chi connectivity index (χ3v) is 2.88. The highest BCUT2D eigenvalue weighted by Gasteiger charge is 2.20. The van der Waals surface area contributed by atoms with Crippen LogP contribution in [0.2, 0.25) is 0 Å². The Hall–Kier alpha value is -2.63. The molecule has 0 N–H and O–H groups in total. The van der Waals surface area contributed by atoms with Crippen LogP contribution < -0.4 is 0 Å². The van der Waals surface area contributed by atoms with E-state index >= 15 is 0 Å². The van der Waals surface area contributed by atoms with Gasteiger partial charge in [-0.1, -0.05) is 0 Å². The van der Waals surface area contributed by atoms with Crippen molar-refractivity contribution in [3.8, 4) is 0 Å². The molecule has 0 atom stereocenters. The first-order chi connectivity index (χ1) is 10.8. The Morgan fingerprint density at radius 2 is 2.04 bits per heavy atom. The largest absolute Gasteiger partial charge is 0.463 e. The van der Waals surface area contributed by atoms with Crippen LogP contribution in [-0.2, 0) is 14.3 Å². The third kappa shape index (κ3) is 4.18. The maximum atomic E-state index is 12.3. The van der Waals surface area contributed by atoms with E-state index in [4.69, 9.17) is 9.47 Å². The van der Waals surface area contributed by atoms with E-state index in [9.17, 15) is 9.59 Å². The van der Waals surface area contributed by atoms with Crippen molar-refractivity contribution >= 4 is 29.2 Å². The fraction of sp³-hybridized carbons (Fsp3) is 0.353. The lowest BCUT2D eigenvalue weighted by molar-refractivity contribution is -0.137. The van der Waals surface area contributed by atoms with Crippen molar-refractivity contribution in [1.29, 1.82) is 0 Å². The highest BCUT2D eigenvalue weighted by Crippen LogP contribution is 2.21. The van der Waals surface area contributed by atoms with Gasteiger partial charge in [0, 0.05) is 24.0 Å². The Kier molecular flexibility index (Phi) is 4.83. The molecule has 0 saturated carbocycles. The van der Waals surface area contributed by atoms with Crippen LogP contribution >= 0.6 is 0 Å². The quantitative estimate of drug-likeness (QED) is 0.641. The molecule has 0 radical (unpaired) electrons. The van der Waals surface area contributed by atoms with Crippen LogP contribution in [-0.4, -0.2) is 33.8 Å². The van der Waals surface area contributed by atoms with Crippen molar-refractivity contribution in [2.24, 2.45) is 0 Å². The molecule has 23 heavy (non-hydrogen) atoms. The van der Waals surface area contributed by atoms with E-state index < -0.39 is 17.7 Å². The van der Waals surface area contributed by atoms with Crippen molar-refractivity contribution in [3.05, 3.63) is 36.2 Å². The SMILES string of the molecule is CCOC(=O)/C=C/c1ccnc2ccn(C(=O)OC(C)(C)C)c12. The second-order valence-corrected chi connectivity index (χ2v) is 5.89. The summed E-state index contributed by atoms with van der Waals surface area (Å²) in [5.74, 6) is -0.437. The van der Waals surface area contributed by atoms with Crippen LogP contribution in [0.3, 0.4) is 0 Å². The van der Waals surface area contributed by atoms with E-state index in [0.717, 1.165) is 0 Å². The first-order valence-electron chi connectivity index (χ1n) is 7.36. The Labute approximate surface area is 134 Å². The minimum Gasteiger partial charge on any atom is -0.463 e. The van der Waals surface area contributed by atoms with Crippen LogP contribution in [0.1, 0.15) is 33.3 Å². The number of pyridine rings is 1. The molecule has 2 aromatic rings. The minimum atomic E-state index is -0.600. The fourth-order valence-corrected chi connectivity index (χ4v) is 2.04. The monoisotopic (exact) mass is 316 g/mol. The average molecular weight is 316 g/mol. The first kappa shape index (κ1) is 16.7. The lowest BCUT2D eigenvalue weighted by Gasteiger charge is -2.20. The van der Waals surface area contributed by atoms with Crippen LogP contribution in [0.15, 0.2) is 30.6 Å². The number of ether oxygens (including phenoxy) is 2. The lowest BCUT2D eigenvalue weighted by Crippen LogP contribution is -2.26. The zero-order valence-electron chi connectivity index (χ0n) is 13.7. The summed E-state index contributed by atoms with van der Waals surface area (Å²) in [6.07, 6.45) is 5.65. The first-order valence-corrected chi connectivity index (χ1v) is 7.36. The van der Waals surface area contributed by atoms with Crippen LogP contribution in [0.25, 0.3) is 17.1 Å². The Morgan fingerprint density at radius 3 is 2.70 bits per heavy atom. The van der Waals surface area contributed by atoms with Crippen LogP contribution in [0.5, 0.6) is 0 Å². The third-order valence-electron chi connectivity index (χ3n) is 2.88. The molecule has 0 spiro atoms. The molecule has 0 amide bonds. The molecular formula is C17H20N2O4. The van der Waals surface area contributed by atoms with Crippen molar-refractivity contribution in [1.82, 2.24) is 9.55 Å². The summed E-state index contributed by atoms with van der Waals surface area (Å²) in [7, 11) is 0. The predicted molar refractivity (Wildman–Crippen MR) is 87.0 cm³/mol. The topological polar surface area (TPSA) is 70.4 Å². The van der Waals surface area contributed by atoms with Gasteiger partial charge in [0.2, 0.25) is 0 Å². The van der Waals surface area contributed by atoms with Gasteiger partial charge in [0.05, 0.1) is 17.6 Å². The zero-order valence-corrected chi connectivity index (χ0v) is 13.7. The summed E-state index contributed by atoms with van der Waals surface area (Å²) in [4.78, 5) is 28.0. The van der Waals surface area contributed by atoms with Gasteiger partial charge in [-0.25, -0.2) is 9.59 Å². The van der Waals surface area contributed by atoms with Gasteiger partial charge in [-0.3, -0.25) is 9.55 Å². The molecule has 0 saturated heterocycles. The number of esters is 1. The molecule has 0 aliphatic carbocycles. The summed E-state index contributed by atoms with van der Waals surface area (Å²) < 4.78 is 11.6. The molecular weight excluding hydrogens is 296 g/mol. The summed E-state index contributed by atoms with van der Waals surface area (Å²) in [6.45, 7) is 7.45.